The minimum absolute atomic E-state index is 0.0599. The van der Waals surface area contributed by atoms with Gasteiger partial charge in [-0.15, -0.1) is 0 Å². The Balaban J connectivity index is 1.92. The number of carbonyl (C=O) groups is 1. The summed E-state index contributed by atoms with van der Waals surface area (Å²) in [5.41, 5.74) is 7.46. The van der Waals surface area contributed by atoms with E-state index in [1.807, 2.05) is 24.3 Å². The lowest BCUT2D eigenvalue weighted by atomic mass is 9.95. The van der Waals surface area contributed by atoms with Gasteiger partial charge in [0, 0.05) is 18.0 Å². The Labute approximate surface area is 165 Å². The van der Waals surface area contributed by atoms with Crippen molar-refractivity contribution in [2.75, 3.05) is 14.2 Å². The topological polar surface area (TPSA) is 73.6 Å². The maximum atomic E-state index is 14.0. The molecule has 0 bridgehead atoms. The van der Waals surface area contributed by atoms with Gasteiger partial charge >= 0.3 is 0 Å². The number of halogens is 1. The van der Waals surface area contributed by atoms with Crippen LogP contribution in [0.1, 0.15) is 42.9 Å². The summed E-state index contributed by atoms with van der Waals surface area (Å²) in [7, 11) is 3.11. The van der Waals surface area contributed by atoms with E-state index in [2.05, 4.69) is 5.32 Å². The quantitative estimate of drug-likeness (QED) is 0.763. The molecule has 5 nitrogen and oxygen atoms in total. The Bertz CT molecular complexity index is 827. The van der Waals surface area contributed by atoms with Gasteiger partial charge in [0.15, 0.2) is 0 Å². The number of rotatable bonds is 7. The fourth-order valence-corrected chi connectivity index (χ4v) is 3.87. The number of methoxy groups -OCH3 is 2. The zero-order chi connectivity index (χ0) is 20.1. The number of hydrogen-bond acceptors (Lipinski definition) is 4. The van der Waals surface area contributed by atoms with Crippen molar-refractivity contribution in [3.63, 3.8) is 0 Å². The number of ether oxygens (including phenoxy) is 2. The van der Waals surface area contributed by atoms with Gasteiger partial charge in [0.1, 0.15) is 17.3 Å². The van der Waals surface area contributed by atoms with Crippen LogP contribution >= 0.6 is 0 Å². The van der Waals surface area contributed by atoms with E-state index in [0.717, 1.165) is 24.8 Å². The molecule has 1 unspecified atom stereocenters. The highest BCUT2D eigenvalue weighted by Gasteiger charge is 2.28. The number of amides is 1. The van der Waals surface area contributed by atoms with E-state index in [0.29, 0.717) is 23.5 Å². The van der Waals surface area contributed by atoms with Crippen molar-refractivity contribution >= 4 is 5.91 Å². The van der Waals surface area contributed by atoms with E-state index in [4.69, 9.17) is 15.2 Å². The Kier molecular flexibility index (Phi) is 6.52. The molecular weight excluding hydrogens is 359 g/mol. The largest absolute Gasteiger partial charge is 0.497 e. The van der Waals surface area contributed by atoms with Gasteiger partial charge in [0.2, 0.25) is 5.91 Å². The third kappa shape index (κ3) is 4.62. The van der Waals surface area contributed by atoms with Gasteiger partial charge in [-0.2, -0.15) is 0 Å². The Morgan fingerprint density at radius 3 is 2.71 bits per heavy atom. The molecule has 0 saturated heterocycles. The molecule has 2 aromatic rings. The molecule has 2 aromatic carbocycles. The zero-order valence-electron chi connectivity index (χ0n) is 16.3. The van der Waals surface area contributed by atoms with Crippen LogP contribution in [-0.2, 0) is 4.79 Å². The number of benzene rings is 2. The van der Waals surface area contributed by atoms with Crippen molar-refractivity contribution in [3.8, 4) is 11.5 Å². The highest BCUT2D eigenvalue weighted by atomic mass is 19.1. The summed E-state index contributed by atoms with van der Waals surface area (Å²) in [6, 6.07) is 11.2. The average Bonchev–Trinajstić information content (AvgIpc) is 3.10. The summed E-state index contributed by atoms with van der Waals surface area (Å²) in [4.78, 5) is 12.8. The van der Waals surface area contributed by atoms with Crippen LogP contribution in [-0.4, -0.2) is 26.2 Å². The van der Waals surface area contributed by atoms with Crippen molar-refractivity contribution in [2.24, 2.45) is 11.7 Å². The van der Waals surface area contributed by atoms with Crippen molar-refractivity contribution in [1.29, 1.82) is 0 Å². The van der Waals surface area contributed by atoms with Crippen molar-refractivity contribution in [1.82, 2.24) is 5.32 Å². The second-order valence-electron chi connectivity index (χ2n) is 7.22. The fourth-order valence-electron chi connectivity index (χ4n) is 3.87. The van der Waals surface area contributed by atoms with Gasteiger partial charge in [-0.3, -0.25) is 4.79 Å². The van der Waals surface area contributed by atoms with Gasteiger partial charge in [-0.1, -0.05) is 18.6 Å². The van der Waals surface area contributed by atoms with Crippen LogP contribution in [0.25, 0.3) is 0 Å². The Hall–Kier alpha value is -2.60. The number of hydrogen-bond donors (Lipinski definition) is 2. The summed E-state index contributed by atoms with van der Waals surface area (Å²) < 4.78 is 24.7. The predicted molar refractivity (Wildman–Crippen MR) is 106 cm³/mol. The fraction of sp³-hybridized carbons (Fsp3) is 0.409. The first-order chi connectivity index (χ1) is 13.5. The molecule has 0 aromatic heterocycles. The summed E-state index contributed by atoms with van der Waals surface area (Å²) >= 11 is 0. The molecule has 3 atom stereocenters. The van der Waals surface area contributed by atoms with Crippen LogP contribution in [0.15, 0.2) is 42.5 Å². The van der Waals surface area contributed by atoms with E-state index >= 15 is 0 Å². The normalized spacial score (nSPS) is 19.9. The van der Waals surface area contributed by atoms with Crippen LogP contribution in [0, 0.1) is 11.7 Å². The first-order valence-corrected chi connectivity index (χ1v) is 9.54. The maximum absolute atomic E-state index is 14.0. The molecule has 1 aliphatic carbocycles. The number of carbonyl (C=O) groups excluding carboxylic acids is 1. The van der Waals surface area contributed by atoms with Crippen LogP contribution in [0.5, 0.6) is 11.5 Å². The molecular formula is C22H27FN2O3. The van der Waals surface area contributed by atoms with Gasteiger partial charge in [0.25, 0.3) is 0 Å². The maximum Gasteiger partial charge on any atom is 0.221 e. The molecule has 0 aliphatic heterocycles. The molecule has 0 radical (unpaired) electrons. The molecule has 1 saturated carbocycles. The molecule has 0 heterocycles. The Morgan fingerprint density at radius 1 is 1.21 bits per heavy atom. The Morgan fingerprint density at radius 2 is 2.04 bits per heavy atom. The predicted octanol–water partition coefficient (Wildman–Crippen LogP) is 3.57. The van der Waals surface area contributed by atoms with Gasteiger partial charge in [-0.25, -0.2) is 4.39 Å². The van der Waals surface area contributed by atoms with Crippen molar-refractivity contribution in [2.45, 2.75) is 37.8 Å². The molecule has 28 heavy (non-hydrogen) atoms. The standard InChI is InChI=1S/C22H27FN2O3/c1-27-17-7-3-6-15(11-17)22(18-13-16(23)9-10-20(18)28-2)25-21(26)12-14-5-4-8-19(14)24/h3,6-7,9-11,13-14,19,22H,4-5,8,12,24H2,1-2H3,(H,25,26)/t14-,19+,22?/m0/s1. The summed E-state index contributed by atoms with van der Waals surface area (Å²) in [5.74, 6) is 0.842. The minimum atomic E-state index is -0.564. The molecule has 0 spiro atoms. The summed E-state index contributed by atoms with van der Waals surface area (Å²) in [6.07, 6.45) is 3.33. The lowest BCUT2D eigenvalue weighted by Gasteiger charge is -2.24. The third-order valence-electron chi connectivity index (χ3n) is 5.40. The van der Waals surface area contributed by atoms with E-state index in [1.165, 1.54) is 19.2 Å². The summed E-state index contributed by atoms with van der Waals surface area (Å²) in [6.45, 7) is 0. The van der Waals surface area contributed by atoms with Crippen molar-refractivity contribution < 1.29 is 18.7 Å². The molecule has 150 valence electrons. The third-order valence-corrected chi connectivity index (χ3v) is 5.40. The lowest BCUT2D eigenvalue weighted by Crippen LogP contribution is -2.34. The smallest absolute Gasteiger partial charge is 0.221 e. The molecule has 6 heteroatoms. The number of nitrogens with two attached hydrogens (primary N) is 1. The van der Waals surface area contributed by atoms with Crippen LogP contribution in [0.3, 0.4) is 0 Å². The van der Waals surface area contributed by atoms with E-state index in [9.17, 15) is 9.18 Å². The van der Waals surface area contributed by atoms with Crippen LogP contribution in [0.2, 0.25) is 0 Å². The van der Waals surface area contributed by atoms with Gasteiger partial charge in [0.05, 0.1) is 20.3 Å². The lowest BCUT2D eigenvalue weighted by molar-refractivity contribution is -0.122. The van der Waals surface area contributed by atoms with E-state index in [1.54, 1.807) is 13.2 Å². The van der Waals surface area contributed by atoms with Crippen LogP contribution < -0.4 is 20.5 Å². The first-order valence-electron chi connectivity index (χ1n) is 9.54. The van der Waals surface area contributed by atoms with E-state index < -0.39 is 11.9 Å². The second kappa shape index (κ2) is 9.06. The summed E-state index contributed by atoms with van der Waals surface area (Å²) in [5, 5.41) is 3.05. The highest BCUT2D eigenvalue weighted by molar-refractivity contribution is 5.77. The molecule has 1 aliphatic rings. The average molecular weight is 386 g/mol. The first kappa shape index (κ1) is 20.1. The molecule has 1 amide bonds. The van der Waals surface area contributed by atoms with E-state index in [-0.39, 0.29) is 17.9 Å². The SMILES string of the molecule is COc1cccc(C(NC(=O)C[C@@H]2CCC[C@H]2N)c2cc(F)ccc2OC)c1. The second-order valence-corrected chi connectivity index (χ2v) is 7.22. The zero-order valence-corrected chi connectivity index (χ0v) is 16.3. The monoisotopic (exact) mass is 386 g/mol. The minimum Gasteiger partial charge on any atom is -0.497 e. The number of nitrogens with one attached hydrogen (secondary N) is 1. The van der Waals surface area contributed by atoms with Crippen LogP contribution in [0.4, 0.5) is 4.39 Å². The molecule has 1 fully saturated rings. The van der Waals surface area contributed by atoms with Gasteiger partial charge < -0.3 is 20.5 Å². The molecule has 3 N–H and O–H groups in total. The molecule has 3 rings (SSSR count). The van der Waals surface area contributed by atoms with Crippen molar-refractivity contribution in [3.05, 3.63) is 59.4 Å². The van der Waals surface area contributed by atoms with Gasteiger partial charge in [-0.05, 0) is 54.7 Å². The highest BCUT2D eigenvalue weighted by Crippen LogP contribution is 2.33.